The van der Waals surface area contributed by atoms with Crippen molar-refractivity contribution in [2.75, 3.05) is 47.0 Å². The number of hydrogen-bond donors (Lipinski definition) is 1. The molecular formula is C17H28IN3O2. The minimum atomic E-state index is 0. The van der Waals surface area contributed by atoms with E-state index >= 15 is 0 Å². The summed E-state index contributed by atoms with van der Waals surface area (Å²) in [5, 5.41) is 3.41. The Morgan fingerprint density at radius 3 is 2.52 bits per heavy atom. The van der Waals surface area contributed by atoms with Gasteiger partial charge >= 0.3 is 0 Å². The Hall–Kier alpha value is -1.02. The van der Waals surface area contributed by atoms with Gasteiger partial charge in [-0.15, -0.1) is 24.0 Å². The lowest BCUT2D eigenvalue weighted by atomic mass is 9.89. The Bertz CT molecular complexity index is 501. The Kier molecular flexibility index (Phi) is 8.11. The second kappa shape index (κ2) is 9.32. The number of nitrogens with one attached hydrogen (secondary N) is 1. The van der Waals surface area contributed by atoms with Crippen molar-refractivity contribution in [3.63, 3.8) is 0 Å². The molecule has 1 aliphatic rings. The quantitative estimate of drug-likeness (QED) is 0.426. The van der Waals surface area contributed by atoms with E-state index < -0.39 is 0 Å². The number of halogens is 1. The molecule has 1 aromatic rings. The molecule has 1 aromatic carbocycles. The third-order valence-electron chi connectivity index (χ3n) is 3.86. The highest BCUT2D eigenvalue weighted by molar-refractivity contribution is 14.0. The lowest BCUT2D eigenvalue weighted by Gasteiger charge is -2.39. The monoisotopic (exact) mass is 433 g/mol. The summed E-state index contributed by atoms with van der Waals surface area (Å²) in [7, 11) is 3.83. The smallest absolute Gasteiger partial charge is 0.193 e. The molecule has 0 radical (unpaired) electrons. The highest BCUT2D eigenvalue weighted by atomic mass is 127. The van der Waals surface area contributed by atoms with Crippen LogP contribution in [0.2, 0.25) is 0 Å². The van der Waals surface area contributed by atoms with Crippen LogP contribution in [0.15, 0.2) is 29.3 Å². The minimum absolute atomic E-state index is 0. The number of ether oxygens (including phenoxy) is 2. The van der Waals surface area contributed by atoms with E-state index in [1.165, 1.54) is 5.56 Å². The van der Waals surface area contributed by atoms with Crippen molar-refractivity contribution in [2.24, 2.45) is 10.4 Å². The van der Waals surface area contributed by atoms with E-state index in [1.54, 1.807) is 7.05 Å². The van der Waals surface area contributed by atoms with Crippen LogP contribution in [0.5, 0.6) is 5.75 Å². The summed E-state index contributed by atoms with van der Waals surface area (Å²) in [4.78, 5) is 6.40. The third kappa shape index (κ3) is 6.18. The van der Waals surface area contributed by atoms with Gasteiger partial charge in [0.25, 0.3) is 0 Å². The van der Waals surface area contributed by atoms with Crippen molar-refractivity contribution in [3.05, 3.63) is 29.8 Å². The number of nitrogens with zero attached hydrogens (tertiary/aromatic N) is 2. The molecular weight excluding hydrogens is 405 g/mol. The highest BCUT2D eigenvalue weighted by Crippen LogP contribution is 2.25. The first-order chi connectivity index (χ1) is 10.5. The lowest BCUT2D eigenvalue weighted by Crippen LogP contribution is -2.51. The van der Waals surface area contributed by atoms with E-state index in [1.807, 2.05) is 19.2 Å². The summed E-state index contributed by atoms with van der Waals surface area (Å²) in [6.07, 6.45) is 0. The molecule has 0 saturated carbocycles. The zero-order valence-electron chi connectivity index (χ0n) is 14.5. The van der Waals surface area contributed by atoms with Gasteiger partial charge in [-0.3, -0.25) is 4.99 Å². The standard InChI is InChI=1S/C17H27N3O2.HI/c1-14-5-7-15(8-6-14)22-10-9-20(4)16(18-3)19-11-17(2)12-21-13-17;/h5-8H,9-13H2,1-4H3,(H,18,19);1H. The molecule has 1 saturated heterocycles. The number of hydrogen-bond acceptors (Lipinski definition) is 3. The molecule has 0 spiro atoms. The van der Waals surface area contributed by atoms with Gasteiger partial charge in [-0.2, -0.15) is 0 Å². The summed E-state index contributed by atoms with van der Waals surface area (Å²) in [5.41, 5.74) is 1.47. The molecule has 0 amide bonds. The predicted octanol–water partition coefficient (Wildman–Crippen LogP) is 2.54. The van der Waals surface area contributed by atoms with Crippen molar-refractivity contribution < 1.29 is 9.47 Å². The zero-order valence-corrected chi connectivity index (χ0v) is 16.8. The summed E-state index contributed by atoms with van der Waals surface area (Å²) in [6, 6.07) is 8.11. The SMILES string of the molecule is CN=C(NCC1(C)COC1)N(C)CCOc1ccc(C)cc1.I. The summed E-state index contributed by atoms with van der Waals surface area (Å²) < 4.78 is 11.0. The van der Waals surface area contributed by atoms with Gasteiger partial charge in [-0.25, -0.2) is 0 Å². The van der Waals surface area contributed by atoms with Crippen molar-refractivity contribution in [3.8, 4) is 5.75 Å². The highest BCUT2D eigenvalue weighted by Gasteiger charge is 2.33. The van der Waals surface area contributed by atoms with E-state index in [2.05, 4.69) is 41.2 Å². The van der Waals surface area contributed by atoms with Crippen LogP contribution >= 0.6 is 24.0 Å². The molecule has 0 bridgehead atoms. The van der Waals surface area contributed by atoms with Crippen LogP contribution < -0.4 is 10.1 Å². The molecule has 0 unspecified atom stereocenters. The molecule has 130 valence electrons. The van der Waals surface area contributed by atoms with Gasteiger partial charge in [0.05, 0.1) is 19.8 Å². The van der Waals surface area contributed by atoms with Crippen LogP contribution in [0.25, 0.3) is 0 Å². The fourth-order valence-electron chi connectivity index (χ4n) is 2.27. The van der Waals surface area contributed by atoms with E-state index in [0.29, 0.717) is 6.61 Å². The molecule has 0 aromatic heterocycles. The average molecular weight is 433 g/mol. The molecule has 1 aliphatic heterocycles. The summed E-state index contributed by atoms with van der Waals surface area (Å²) in [5.74, 6) is 1.79. The number of benzene rings is 1. The van der Waals surface area contributed by atoms with Crippen LogP contribution in [0.1, 0.15) is 12.5 Å². The van der Waals surface area contributed by atoms with Gasteiger partial charge in [0.15, 0.2) is 5.96 Å². The topological polar surface area (TPSA) is 46.1 Å². The van der Waals surface area contributed by atoms with E-state index in [-0.39, 0.29) is 29.4 Å². The third-order valence-corrected chi connectivity index (χ3v) is 3.86. The minimum Gasteiger partial charge on any atom is -0.492 e. The zero-order chi connectivity index (χ0) is 16.0. The van der Waals surface area contributed by atoms with Gasteiger partial charge in [-0.1, -0.05) is 24.6 Å². The number of aryl methyl sites for hydroxylation is 1. The first-order valence-corrected chi connectivity index (χ1v) is 7.71. The van der Waals surface area contributed by atoms with E-state index in [4.69, 9.17) is 9.47 Å². The molecule has 0 atom stereocenters. The van der Waals surface area contributed by atoms with Gasteiger partial charge < -0.3 is 19.7 Å². The molecule has 23 heavy (non-hydrogen) atoms. The van der Waals surface area contributed by atoms with Gasteiger partial charge in [-0.05, 0) is 19.1 Å². The van der Waals surface area contributed by atoms with Gasteiger partial charge in [0, 0.05) is 26.1 Å². The molecule has 0 aliphatic carbocycles. The second-order valence-corrected chi connectivity index (χ2v) is 6.29. The van der Waals surface area contributed by atoms with E-state index in [0.717, 1.165) is 38.0 Å². The van der Waals surface area contributed by atoms with Crippen LogP contribution in [0.3, 0.4) is 0 Å². The Balaban J connectivity index is 0.00000264. The maximum Gasteiger partial charge on any atom is 0.193 e. The summed E-state index contributed by atoms with van der Waals surface area (Å²) in [6.45, 7) is 8.21. The van der Waals surface area contributed by atoms with Gasteiger partial charge in [0.2, 0.25) is 0 Å². The average Bonchev–Trinajstić information content (AvgIpc) is 2.48. The normalized spacial score (nSPS) is 16.1. The molecule has 2 rings (SSSR count). The molecule has 1 N–H and O–H groups in total. The largest absolute Gasteiger partial charge is 0.492 e. The fourth-order valence-corrected chi connectivity index (χ4v) is 2.27. The van der Waals surface area contributed by atoms with Crippen molar-refractivity contribution >= 4 is 29.9 Å². The first kappa shape index (κ1) is 20.0. The van der Waals surface area contributed by atoms with E-state index in [9.17, 15) is 0 Å². The number of likely N-dealkylation sites (N-methyl/N-ethyl adjacent to an activating group) is 1. The maximum atomic E-state index is 5.76. The predicted molar refractivity (Wildman–Crippen MR) is 105 cm³/mol. The number of rotatable bonds is 6. The Labute approximate surface area is 156 Å². The van der Waals surface area contributed by atoms with Crippen molar-refractivity contribution in [1.29, 1.82) is 0 Å². The molecule has 1 heterocycles. The Morgan fingerprint density at radius 2 is 2.00 bits per heavy atom. The van der Waals surface area contributed by atoms with Gasteiger partial charge in [0.1, 0.15) is 12.4 Å². The van der Waals surface area contributed by atoms with Crippen LogP contribution in [0, 0.1) is 12.3 Å². The summed E-state index contributed by atoms with van der Waals surface area (Å²) >= 11 is 0. The van der Waals surface area contributed by atoms with Crippen molar-refractivity contribution in [1.82, 2.24) is 10.2 Å². The Morgan fingerprint density at radius 1 is 1.35 bits per heavy atom. The number of guanidine groups is 1. The first-order valence-electron chi connectivity index (χ1n) is 7.71. The molecule has 5 nitrogen and oxygen atoms in total. The van der Waals surface area contributed by atoms with Crippen LogP contribution in [-0.4, -0.2) is 57.9 Å². The maximum absolute atomic E-state index is 5.76. The van der Waals surface area contributed by atoms with Crippen LogP contribution in [-0.2, 0) is 4.74 Å². The number of aliphatic imine (C=N–C) groups is 1. The lowest BCUT2D eigenvalue weighted by molar-refractivity contribution is -0.0972. The fraction of sp³-hybridized carbons (Fsp3) is 0.588. The molecule has 1 fully saturated rings. The van der Waals surface area contributed by atoms with Crippen LogP contribution in [0.4, 0.5) is 0 Å². The molecule has 6 heteroatoms. The van der Waals surface area contributed by atoms with Crippen molar-refractivity contribution in [2.45, 2.75) is 13.8 Å². The second-order valence-electron chi connectivity index (χ2n) is 6.29.